The summed E-state index contributed by atoms with van der Waals surface area (Å²) in [5.41, 5.74) is 3.28. The standard InChI is InChI=1S/C25H28N4O5S2/c1-34-25(31)28-20(13-16-5-3-2-4-6-16)23(30)26-21(24-27-22(15-35-24)18-9-10-18)14-17-7-11-19(12-8-17)29-36(32)33/h2-8,11-12,15,18,20-21,29H,9-10,13-14H2,1H3,(H,26,30)(H,28,31)(H,32,33)/p-1/t20-,21-/m0/s1. The smallest absolute Gasteiger partial charge is 0.407 e. The normalized spacial score (nSPS) is 15.4. The molecule has 3 aromatic rings. The maximum Gasteiger partial charge on any atom is 0.407 e. The van der Waals surface area contributed by atoms with Crippen molar-refractivity contribution in [2.75, 3.05) is 11.8 Å². The van der Waals surface area contributed by atoms with E-state index in [9.17, 15) is 18.4 Å². The van der Waals surface area contributed by atoms with Crippen molar-refractivity contribution in [3.63, 3.8) is 0 Å². The zero-order valence-electron chi connectivity index (χ0n) is 19.6. The Bertz CT molecular complexity index is 1200. The van der Waals surface area contributed by atoms with Crippen LogP contribution >= 0.6 is 11.3 Å². The van der Waals surface area contributed by atoms with Gasteiger partial charge in [0.1, 0.15) is 11.0 Å². The summed E-state index contributed by atoms with van der Waals surface area (Å²) >= 11 is -0.904. The van der Waals surface area contributed by atoms with Crippen LogP contribution in [-0.2, 0) is 33.6 Å². The second-order valence-corrected chi connectivity index (χ2v) is 10.1. The van der Waals surface area contributed by atoms with E-state index in [0.717, 1.165) is 34.7 Å². The van der Waals surface area contributed by atoms with E-state index < -0.39 is 29.4 Å². The van der Waals surface area contributed by atoms with Gasteiger partial charge < -0.3 is 24.6 Å². The summed E-state index contributed by atoms with van der Waals surface area (Å²) < 4.78 is 28.8. The number of nitrogens with one attached hydrogen (secondary N) is 3. The van der Waals surface area contributed by atoms with E-state index in [1.807, 2.05) is 35.7 Å². The number of rotatable bonds is 11. The highest BCUT2D eigenvalue weighted by Crippen LogP contribution is 2.41. The molecule has 1 saturated carbocycles. The summed E-state index contributed by atoms with van der Waals surface area (Å²) in [5, 5.41) is 8.53. The van der Waals surface area contributed by atoms with E-state index in [1.54, 1.807) is 24.3 Å². The summed E-state index contributed by atoms with van der Waals surface area (Å²) in [7, 11) is 1.26. The molecule has 9 nitrogen and oxygen atoms in total. The Kier molecular flexibility index (Phi) is 8.68. The number of anilines is 1. The molecule has 190 valence electrons. The molecule has 0 bridgehead atoms. The SMILES string of the molecule is COC(=O)N[C@@H](Cc1ccccc1)C(=O)N[C@@H](Cc1ccc(NS(=O)[O-])cc1)c1nc(C2CC2)cs1. The van der Waals surface area contributed by atoms with Gasteiger partial charge >= 0.3 is 6.09 Å². The number of ether oxygens (including phenoxy) is 1. The molecule has 1 aliphatic rings. The summed E-state index contributed by atoms with van der Waals surface area (Å²) in [6.45, 7) is 0. The number of thiazole rings is 1. The molecule has 1 aliphatic carbocycles. The van der Waals surface area contributed by atoms with Crippen LogP contribution in [0.2, 0.25) is 0 Å². The first-order valence-electron chi connectivity index (χ1n) is 11.5. The topological polar surface area (TPSA) is 132 Å². The van der Waals surface area contributed by atoms with Crippen LogP contribution in [0.5, 0.6) is 0 Å². The molecule has 0 aliphatic heterocycles. The van der Waals surface area contributed by atoms with Crippen LogP contribution < -0.4 is 15.4 Å². The Hall–Kier alpha value is -3.28. The average Bonchev–Trinajstić information content (AvgIpc) is 3.61. The van der Waals surface area contributed by atoms with Gasteiger partial charge in [-0.25, -0.2) is 9.78 Å². The second kappa shape index (κ2) is 12.1. The van der Waals surface area contributed by atoms with E-state index in [2.05, 4.69) is 15.4 Å². The molecule has 0 saturated heterocycles. The zero-order chi connectivity index (χ0) is 25.5. The molecular weight excluding hydrogens is 500 g/mol. The molecule has 1 unspecified atom stereocenters. The number of alkyl carbamates (subject to hydrolysis) is 1. The largest absolute Gasteiger partial charge is 0.755 e. The Morgan fingerprint density at radius 3 is 2.42 bits per heavy atom. The van der Waals surface area contributed by atoms with Gasteiger partial charge in [0.15, 0.2) is 0 Å². The van der Waals surface area contributed by atoms with E-state index in [1.165, 1.54) is 18.4 Å². The first-order valence-corrected chi connectivity index (χ1v) is 13.5. The molecule has 2 aromatic carbocycles. The number of hydrogen-bond acceptors (Lipinski definition) is 7. The van der Waals surface area contributed by atoms with Crippen molar-refractivity contribution in [3.05, 3.63) is 81.8 Å². The number of methoxy groups -OCH3 is 1. The number of carbonyl (C=O) groups excluding carboxylic acids is 2. The van der Waals surface area contributed by atoms with Crippen LogP contribution in [0.25, 0.3) is 0 Å². The van der Waals surface area contributed by atoms with Crippen molar-refractivity contribution in [2.45, 2.75) is 43.7 Å². The van der Waals surface area contributed by atoms with Crippen molar-refractivity contribution in [1.29, 1.82) is 0 Å². The van der Waals surface area contributed by atoms with Crippen LogP contribution in [0.1, 0.15) is 46.6 Å². The summed E-state index contributed by atoms with van der Waals surface area (Å²) in [6.07, 6.45) is 2.30. The molecule has 1 heterocycles. The van der Waals surface area contributed by atoms with Gasteiger partial charge in [-0.05, 0) is 42.5 Å². The third kappa shape index (κ3) is 7.36. The van der Waals surface area contributed by atoms with Crippen LogP contribution in [0, 0.1) is 0 Å². The maximum absolute atomic E-state index is 13.4. The van der Waals surface area contributed by atoms with Gasteiger partial charge in [0, 0.05) is 34.7 Å². The lowest BCUT2D eigenvalue weighted by Crippen LogP contribution is -2.49. The zero-order valence-corrected chi connectivity index (χ0v) is 21.3. The number of nitrogens with zero attached hydrogens (tertiary/aromatic N) is 1. The predicted octanol–water partition coefficient (Wildman–Crippen LogP) is 3.59. The molecule has 1 aromatic heterocycles. The van der Waals surface area contributed by atoms with Crippen LogP contribution in [-0.4, -0.2) is 38.9 Å². The monoisotopic (exact) mass is 527 g/mol. The molecule has 36 heavy (non-hydrogen) atoms. The van der Waals surface area contributed by atoms with Gasteiger partial charge in [-0.1, -0.05) is 42.5 Å². The Morgan fingerprint density at radius 1 is 1.08 bits per heavy atom. The van der Waals surface area contributed by atoms with E-state index in [-0.39, 0.29) is 5.91 Å². The van der Waals surface area contributed by atoms with Gasteiger partial charge in [0.05, 0.1) is 18.8 Å². The third-order valence-corrected chi connectivity index (χ3v) is 7.20. The second-order valence-electron chi connectivity index (χ2n) is 8.56. The van der Waals surface area contributed by atoms with Gasteiger partial charge in [0.2, 0.25) is 5.91 Å². The molecule has 4 rings (SSSR count). The molecular formula is C25H27N4O5S2-. The third-order valence-electron chi connectivity index (χ3n) is 5.82. The highest BCUT2D eigenvalue weighted by Gasteiger charge is 2.29. The summed E-state index contributed by atoms with van der Waals surface area (Å²) in [6, 6.07) is 15.1. The van der Waals surface area contributed by atoms with Crippen LogP contribution in [0.4, 0.5) is 10.5 Å². The van der Waals surface area contributed by atoms with Gasteiger partial charge in [-0.3, -0.25) is 9.00 Å². The van der Waals surface area contributed by atoms with Gasteiger partial charge in [-0.15, -0.1) is 11.3 Å². The lowest BCUT2D eigenvalue weighted by atomic mass is 10.0. The average molecular weight is 528 g/mol. The van der Waals surface area contributed by atoms with E-state index >= 15 is 0 Å². The Balaban J connectivity index is 1.54. The van der Waals surface area contributed by atoms with Gasteiger partial charge in [-0.2, -0.15) is 0 Å². The summed E-state index contributed by atoms with van der Waals surface area (Å²) in [5.74, 6) is 0.133. The molecule has 3 N–H and O–H groups in total. The first-order chi connectivity index (χ1) is 17.4. The first kappa shape index (κ1) is 25.8. The molecule has 11 heteroatoms. The fourth-order valence-electron chi connectivity index (χ4n) is 3.80. The lowest BCUT2D eigenvalue weighted by Gasteiger charge is -2.22. The minimum absolute atomic E-state index is 0.298. The van der Waals surface area contributed by atoms with Gasteiger partial charge in [0.25, 0.3) is 0 Å². The maximum atomic E-state index is 13.4. The van der Waals surface area contributed by atoms with Crippen LogP contribution in [0.3, 0.4) is 0 Å². The van der Waals surface area contributed by atoms with Crippen molar-refractivity contribution in [3.8, 4) is 0 Å². The Labute approximate surface area is 216 Å². The predicted molar refractivity (Wildman–Crippen MR) is 137 cm³/mol. The van der Waals surface area contributed by atoms with Crippen molar-refractivity contribution in [1.82, 2.24) is 15.6 Å². The van der Waals surface area contributed by atoms with Crippen molar-refractivity contribution < 1.29 is 23.1 Å². The van der Waals surface area contributed by atoms with E-state index in [4.69, 9.17) is 9.72 Å². The lowest BCUT2D eigenvalue weighted by molar-refractivity contribution is -0.123. The highest BCUT2D eigenvalue weighted by atomic mass is 32.2. The number of aromatic nitrogens is 1. The number of carbonyl (C=O) groups is 2. The number of amides is 2. The molecule has 0 radical (unpaired) electrons. The van der Waals surface area contributed by atoms with E-state index in [0.29, 0.717) is 24.4 Å². The molecule has 0 spiro atoms. The minimum Gasteiger partial charge on any atom is -0.755 e. The fraction of sp³-hybridized carbons (Fsp3) is 0.320. The van der Waals surface area contributed by atoms with Crippen molar-refractivity contribution in [2.24, 2.45) is 0 Å². The number of hydrogen-bond donors (Lipinski definition) is 3. The quantitative estimate of drug-likeness (QED) is 0.327. The van der Waals surface area contributed by atoms with Crippen LogP contribution in [0.15, 0.2) is 60.0 Å². The fourth-order valence-corrected chi connectivity index (χ4v) is 5.08. The molecule has 2 amide bonds. The summed E-state index contributed by atoms with van der Waals surface area (Å²) in [4.78, 5) is 30.2. The number of benzene rings is 2. The highest BCUT2D eigenvalue weighted by molar-refractivity contribution is 7.80. The Morgan fingerprint density at radius 2 is 1.78 bits per heavy atom. The molecule has 1 fully saturated rings. The van der Waals surface area contributed by atoms with Crippen molar-refractivity contribution >= 4 is 40.3 Å². The molecule has 3 atom stereocenters. The minimum atomic E-state index is -2.41.